The van der Waals surface area contributed by atoms with Gasteiger partial charge in [-0.25, -0.2) is 4.68 Å². The van der Waals surface area contributed by atoms with Gasteiger partial charge in [0, 0.05) is 24.2 Å². The minimum Gasteiger partial charge on any atom is -0.497 e. The lowest BCUT2D eigenvalue weighted by Crippen LogP contribution is -2.17. The zero-order valence-corrected chi connectivity index (χ0v) is 19.1. The molecule has 0 fully saturated rings. The number of rotatable bonds is 6. The Morgan fingerprint density at radius 2 is 1.77 bits per heavy atom. The molecule has 162 valence electrons. The van der Waals surface area contributed by atoms with Crippen LogP contribution in [0.1, 0.15) is 23.9 Å². The minimum atomic E-state index is -0.250. The van der Waals surface area contributed by atoms with Crippen LogP contribution < -0.4 is 15.4 Å². The fourth-order valence-corrected chi connectivity index (χ4v) is 3.50. The van der Waals surface area contributed by atoms with Gasteiger partial charge in [0.25, 0.3) is 0 Å². The van der Waals surface area contributed by atoms with Crippen molar-refractivity contribution in [2.24, 2.45) is 0 Å². The summed E-state index contributed by atoms with van der Waals surface area (Å²) in [6.45, 7) is 5.14. The molecule has 0 aliphatic heterocycles. The van der Waals surface area contributed by atoms with Gasteiger partial charge in [0.2, 0.25) is 11.8 Å². The summed E-state index contributed by atoms with van der Waals surface area (Å²) in [6.07, 6.45) is 0.107. The Bertz CT molecular complexity index is 1160. The second-order valence-electron chi connectivity index (χ2n) is 6.98. The van der Waals surface area contributed by atoms with E-state index in [1.807, 2.05) is 19.9 Å². The molecule has 1 heterocycles. The topological polar surface area (TPSA) is 85.2 Å². The van der Waals surface area contributed by atoms with E-state index in [-0.39, 0.29) is 18.2 Å². The molecule has 0 unspecified atom stereocenters. The zero-order valence-electron chi connectivity index (χ0n) is 17.5. The molecule has 0 saturated carbocycles. The summed E-state index contributed by atoms with van der Waals surface area (Å²) < 4.78 is 6.96. The lowest BCUT2D eigenvalue weighted by atomic mass is 10.1. The van der Waals surface area contributed by atoms with Crippen LogP contribution >= 0.6 is 23.2 Å². The van der Waals surface area contributed by atoms with E-state index in [2.05, 4.69) is 15.7 Å². The van der Waals surface area contributed by atoms with Crippen molar-refractivity contribution in [1.29, 1.82) is 0 Å². The summed E-state index contributed by atoms with van der Waals surface area (Å²) in [5, 5.41) is 11.0. The van der Waals surface area contributed by atoms with Crippen molar-refractivity contribution in [2.45, 2.75) is 27.2 Å². The molecule has 0 spiro atoms. The molecule has 0 saturated heterocycles. The molecule has 3 aromatic rings. The number of carbonyl (C=O) groups is 2. The van der Waals surface area contributed by atoms with Gasteiger partial charge in [-0.1, -0.05) is 23.2 Å². The van der Waals surface area contributed by atoms with Crippen molar-refractivity contribution in [3.63, 3.8) is 0 Å². The Morgan fingerprint density at radius 1 is 1.03 bits per heavy atom. The number of anilines is 2. The average Bonchev–Trinajstić information content (AvgIpc) is 2.99. The fraction of sp³-hybridized carbons (Fsp3) is 0.227. The molecule has 0 atom stereocenters. The predicted octanol–water partition coefficient (Wildman–Crippen LogP) is 4.94. The first kappa shape index (κ1) is 22.7. The van der Waals surface area contributed by atoms with Crippen LogP contribution in [0.5, 0.6) is 5.75 Å². The molecule has 0 bridgehead atoms. The largest absolute Gasteiger partial charge is 0.497 e. The van der Waals surface area contributed by atoms with E-state index in [4.69, 9.17) is 27.9 Å². The second-order valence-corrected chi connectivity index (χ2v) is 7.79. The summed E-state index contributed by atoms with van der Waals surface area (Å²) in [6, 6.07) is 10.3. The molecule has 2 amide bonds. The summed E-state index contributed by atoms with van der Waals surface area (Å²) in [5.41, 5.74) is 4.04. The summed E-state index contributed by atoms with van der Waals surface area (Å²) in [4.78, 5) is 24.3. The van der Waals surface area contributed by atoms with Gasteiger partial charge < -0.3 is 15.4 Å². The van der Waals surface area contributed by atoms with Crippen LogP contribution in [0.4, 0.5) is 11.4 Å². The molecular weight excluding hydrogens is 439 g/mol. The van der Waals surface area contributed by atoms with Crippen LogP contribution in [0.2, 0.25) is 10.0 Å². The third kappa shape index (κ3) is 5.18. The molecule has 3 rings (SSSR count). The van der Waals surface area contributed by atoms with Crippen LogP contribution in [-0.2, 0) is 16.0 Å². The number of hydrogen-bond donors (Lipinski definition) is 2. The van der Waals surface area contributed by atoms with Crippen molar-refractivity contribution in [3.8, 4) is 11.4 Å². The number of nitrogens with one attached hydrogen (secondary N) is 2. The van der Waals surface area contributed by atoms with Crippen molar-refractivity contribution >= 4 is 46.4 Å². The molecule has 2 aromatic carbocycles. The van der Waals surface area contributed by atoms with Crippen LogP contribution in [-0.4, -0.2) is 28.7 Å². The summed E-state index contributed by atoms with van der Waals surface area (Å²) >= 11 is 12.1. The minimum absolute atomic E-state index is 0.107. The number of amides is 2. The molecule has 7 nitrogen and oxygen atoms in total. The van der Waals surface area contributed by atoms with E-state index in [1.54, 1.807) is 35.0 Å². The second kappa shape index (κ2) is 9.41. The molecule has 1 aromatic heterocycles. The number of nitrogens with zero attached hydrogens (tertiary/aromatic N) is 2. The Hall–Kier alpha value is -3.03. The van der Waals surface area contributed by atoms with Gasteiger partial charge in [0.15, 0.2) is 0 Å². The SMILES string of the molecule is COc1ccc(NC(C)=O)c(NC(=O)Cc2c(C)nn(-c3ccc(Cl)c(Cl)c3)c2C)c1. The quantitative estimate of drug-likeness (QED) is 0.545. The Kier molecular flexibility index (Phi) is 6.87. The maximum absolute atomic E-state index is 12.8. The standard InChI is InChI=1S/C22H22Cl2N4O3/c1-12-17(13(2)28(27-12)15-5-7-18(23)19(24)9-15)11-22(30)26-21-10-16(31-4)6-8-20(21)25-14(3)29/h5-10H,11H2,1-4H3,(H,25,29)(H,26,30). The van der Waals surface area contributed by atoms with Crippen molar-refractivity contribution in [3.05, 3.63) is 63.4 Å². The van der Waals surface area contributed by atoms with Gasteiger partial charge in [-0.05, 0) is 44.2 Å². The van der Waals surface area contributed by atoms with E-state index in [1.165, 1.54) is 14.0 Å². The Labute approximate surface area is 190 Å². The van der Waals surface area contributed by atoms with Gasteiger partial charge in [0.05, 0.1) is 46.3 Å². The van der Waals surface area contributed by atoms with Gasteiger partial charge in [-0.3, -0.25) is 9.59 Å². The van der Waals surface area contributed by atoms with Gasteiger partial charge in [-0.2, -0.15) is 5.10 Å². The van der Waals surface area contributed by atoms with Crippen molar-refractivity contribution in [2.75, 3.05) is 17.7 Å². The molecule has 9 heteroatoms. The van der Waals surface area contributed by atoms with Gasteiger partial charge in [0.1, 0.15) is 5.75 Å². The smallest absolute Gasteiger partial charge is 0.228 e. The van der Waals surface area contributed by atoms with E-state index < -0.39 is 0 Å². The molecule has 2 N–H and O–H groups in total. The number of aryl methyl sites for hydroxylation is 1. The molecular formula is C22H22Cl2N4O3. The first-order valence-corrected chi connectivity index (χ1v) is 10.2. The lowest BCUT2D eigenvalue weighted by molar-refractivity contribution is -0.116. The first-order chi connectivity index (χ1) is 14.7. The highest BCUT2D eigenvalue weighted by atomic mass is 35.5. The zero-order chi connectivity index (χ0) is 22.7. The van der Waals surface area contributed by atoms with Crippen molar-refractivity contribution < 1.29 is 14.3 Å². The van der Waals surface area contributed by atoms with E-state index in [9.17, 15) is 9.59 Å². The van der Waals surface area contributed by atoms with Gasteiger partial charge in [-0.15, -0.1) is 0 Å². The Balaban J connectivity index is 1.85. The van der Waals surface area contributed by atoms with Crippen molar-refractivity contribution in [1.82, 2.24) is 9.78 Å². The molecule has 0 aliphatic carbocycles. The number of ether oxygens (including phenoxy) is 1. The highest BCUT2D eigenvalue weighted by Gasteiger charge is 2.18. The van der Waals surface area contributed by atoms with Crippen LogP contribution in [0.25, 0.3) is 5.69 Å². The predicted molar refractivity (Wildman–Crippen MR) is 123 cm³/mol. The third-order valence-corrected chi connectivity index (χ3v) is 5.48. The maximum atomic E-state index is 12.8. The fourth-order valence-electron chi connectivity index (χ4n) is 3.21. The lowest BCUT2D eigenvalue weighted by Gasteiger charge is -2.13. The third-order valence-electron chi connectivity index (χ3n) is 4.74. The normalized spacial score (nSPS) is 10.6. The number of methoxy groups -OCH3 is 1. The maximum Gasteiger partial charge on any atom is 0.228 e. The van der Waals surface area contributed by atoms with Crippen LogP contribution in [0, 0.1) is 13.8 Å². The molecule has 0 aliphatic rings. The van der Waals surface area contributed by atoms with E-state index >= 15 is 0 Å². The van der Waals surface area contributed by atoms with Crippen LogP contribution in [0.15, 0.2) is 36.4 Å². The number of benzene rings is 2. The number of halogens is 2. The molecule has 31 heavy (non-hydrogen) atoms. The monoisotopic (exact) mass is 460 g/mol. The number of carbonyl (C=O) groups excluding carboxylic acids is 2. The summed E-state index contributed by atoms with van der Waals surface area (Å²) in [5.74, 6) is 0.0687. The van der Waals surface area contributed by atoms with Crippen LogP contribution in [0.3, 0.4) is 0 Å². The molecule has 0 radical (unpaired) electrons. The summed E-state index contributed by atoms with van der Waals surface area (Å²) in [7, 11) is 1.53. The Morgan fingerprint density at radius 3 is 2.42 bits per heavy atom. The van der Waals surface area contributed by atoms with E-state index in [0.29, 0.717) is 27.2 Å². The highest BCUT2D eigenvalue weighted by Crippen LogP contribution is 2.29. The number of aromatic nitrogens is 2. The van der Waals surface area contributed by atoms with Gasteiger partial charge >= 0.3 is 0 Å². The number of hydrogen-bond acceptors (Lipinski definition) is 4. The van der Waals surface area contributed by atoms with E-state index in [0.717, 1.165) is 22.6 Å². The first-order valence-electron chi connectivity index (χ1n) is 9.45. The average molecular weight is 461 g/mol. The highest BCUT2D eigenvalue weighted by molar-refractivity contribution is 6.42.